The molecular weight excluding hydrogens is 453 g/mol. The zero-order valence-electron chi connectivity index (χ0n) is 18.2. The van der Waals surface area contributed by atoms with Gasteiger partial charge in [-0.3, -0.25) is 9.59 Å². The van der Waals surface area contributed by atoms with Crippen molar-refractivity contribution in [3.63, 3.8) is 0 Å². The second kappa shape index (κ2) is 10.3. The van der Waals surface area contributed by atoms with Gasteiger partial charge in [0.15, 0.2) is 0 Å². The number of nitrogens with two attached hydrogens (primary N) is 1. The molecule has 3 aromatic carbocycles. The summed E-state index contributed by atoms with van der Waals surface area (Å²) in [4.78, 5) is 47.6. The molecule has 0 fully saturated rings. The van der Waals surface area contributed by atoms with E-state index in [-0.39, 0.29) is 23.5 Å². The Morgan fingerprint density at radius 2 is 1.46 bits per heavy atom. The van der Waals surface area contributed by atoms with Crippen molar-refractivity contribution in [1.82, 2.24) is 25.3 Å². The molecule has 5 aromatic rings. The highest BCUT2D eigenvalue weighted by Crippen LogP contribution is 2.14. The maximum absolute atomic E-state index is 12.8. The summed E-state index contributed by atoms with van der Waals surface area (Å²) in [5, 5.41) is 6.33. The van der Waals surface area contributed by atoms with Crippen molar-refractivity contribution >= 4 is 39.2 Å². The van der Waals surface area contributed by atoms with Crippen molar-refractivity contribution in [3.05, 3.63) is 105 Å². The van der Waals surface area contributed by atoms with Crippen LogP contribution in [0.25, 0.3) is 21.8 Å². The number of amides is 2. The molecule has 0 bridgehead atoms. The highest BCUT2D eigenvalue weighted by Gasteiger charge is 2.05. The third-order valence-electron chi connectivity index (χ3n) is 4.93. The van der Waals surface area contributed by atoms with Gasteiger partial charge in [-0.15, -0.1) is 0 Å². The number of nitrogen functional groups attached to an aromatic ring is 1. The summed E-state index contributed by atoms with van der Waals surface area (Å²) < 4.78 is 12.8. The summed E-state index contributed by atoms with van der Waals surface area (Å²) >= 11 is 0. The number of hydrogen-bond acceptors (Lipinski definition) is 6. The van der Waals surface area contributed by atoms with Crippen molar-refractivity contribution in [2.24, 2.45) is 0 Å². The number of urea groups is 1. The molecule has 2 aromatic heterocycles. The van der Waals surface area contributed by atoms with Gasteiger partial charge in [0.2, 0.25) is 0 Å². The average molecular weight is 473 g/mol. The Kier molecular flexibility index (Phi) is 6.77. The Hall–Kier alpha value is -5.06. The number of H-pyrrole nitrogens is 2. The number of carbonyl (C=O) groups excluding carboxylic acids is 1. The lowest BCUT2D eigenvalue weighted by molar-refractivity contribution is 0.251. The van der Waals surface area contributed by atoms with Crippen LogP contribution in [0.5, 0.6) is 0 Å². The molecule has 0 unspecified atom stereocenters. The van der Waals surface area contributed by atoms with E-state index in [4.69, 9.17) is 5.73 Å². The molecule has 11 heteroatoms. The van der Waals surface area contributed by atoms with E-state index < -0.39 is 6.03 Å². The Bertz CT molecular complexity index is 1610. The van der Waals surface area contributed by atoms with Gasteiger partial charge in [-0.05, 0) is 54.1 Å². The van der Waals surface area contributed by atoms with Crippen LogP contribution < -0.4 is 27.5 Å². The van der Waals surface area contributed by atoms with E-state index in [0.717, 1.165) is 5.56 Å². The predicted molar refractivity (Wildman–Crippen MR) is 131 cm³/mol. The Morgan fingerprint density at radius 3 is 2.11 bits per heavy atom. The van der Waals surface area contributed by atoms with E-state index in [9.17, 15) is 18.8 Å². The molecule has 176 valence electrons. The van der Waals surface area contributed by atoms with Crippen molar-refractivity contribution in [3.8, 4) is 0 Å². The first-order valence-electron chi connectivity index (χ1n) is 10.4. The maximum Gasteiger partial charge on any atom is 0.319 e. The summed E-state index contributed by atoms with van der Waals surface area (Å²) in [5.41, 5.74) is 8.18. The lowest BCUT2D eigenvalue weighted by Gasteiger charge is -2.08. The molecular formula is C24H20FN7O3. The Morgan fingerprint density at radius 1 is 0.857 bits per heavy atom. The molecule has 5 rings (SSSR count). The number of halogens is 1. The lowest BCUT2D eigenvalue weighted by Crippen LogP contribution is -2.28. The number of fused-ring (bicyclic) bond motifs is 2. The highest BCUT2D eigenvalue weighted by atomic mass is 19.1. The predicted octanol–water partition coefficient (Wildman–Crippen LogP) is 2.89. The number of aromatic amines is 2. The smallest absolute Gasteiger partial charge is 0.319 e. The first-order valence-corrected chi connectivity index (χ1v) is 10.4. The number of benzene rings is 3. The molecule has 0 saturated carbocycles. The molecule has 0 radical (unpaired) electrons. The minimum absolute atomic E-state index is 0.139. The SMILES string of the molecule is Nc1ccc2c(=O)[nH]cnc2c1.O=C(NCc1ccc(F)cc1)Nc1ccc2c(=O)[nH]cnc2c1. The number of rotatable bonds is 3. The van der Waals surface area contributed by atoms with Gasteiger partial charge >= 0.3 is 6.03 Å². The van der Waals surface area contributed by atoms with E-state index >= 15 is 0 Å². The number of hydrogen-bond donors (Lipinski definition) is 5. The first kappa shape index (κ1) is 23.1. The fraction of sp³-hybridized carbons (Fsp3) is 0.0417. The van der Waals surface area contributed by atoms with Crippen LogP contribution in [0.3, 0.4) is 0 Å². The molecule has 2 amide bonds. The summed E-state index contributed by atoms with van der Waals surface area (Å²) in [6, 6.07) is 15.3. The third kappa shape index (κ3) is 5.85. The first-order chi connectivity index (χ1) is 16.9. The number of anilines is 2. The van der Waals surface area contributed by atoms with E-state index in [1.807, 2.05) is 0 Å². The van der Waals surface area contributed by atoms with Crippen molar-refractivity contribution in [2.75, 3.05) is 11.1 Å². The van der Waals surface area contributed by atoms with Crippen LogP contribution in [0.15, 0.2) is 82.9 Å². The molecule has 0 spiro atoms. The van der Waals surface area contributed by atoms with Crippen molar-refractivity contribution in [2.45, 2.75) is 6.54 Å². The van der Waals surface area contributed by atoms with E-state index in [0.29, 0.717) is 33.2 Å². The van der Waals surface area contributed by atoms with Crippen molar-refractivity contribution < 1.29 is 9.18 Å². The molecule has 0 aliphatic rings. The molecule has 2 heterocycles. The van der Waals surface area contributed by atoms with Gasteiger partial charge in [-0.25, -0.2) is 19.2 Å². The van der Waals surface area contributed by atoms with E-state index in [1.54, 1.807) is 48.5 Å². The van der Waals surface area contributed by atoms with Crippen LogP contribution in [0, 0.1) is 5.82 Å². The molecule has 35 heavy (non-hydrogen) atoms. The fourth-order valence-electron chi connectivity index (χ4n) is 3.19. The number of nitrogens with one attached hydrogen (secondary N) is 4. The van der Waals surface area contributed by atoms with Crippen LogP contribution in [-0.2, 0) is 6.54 Å². The van der Waals surface area contributed by atoms with Gasteiger partial charge in [0.1, 0.15) is 5.82 Å². The third-order valence-corrected chi connectivity index (χ3v) is 4.93. The largest absolute Gasteiger partial charge is 0.399 e. The monoisotopic (exact) mass is 473 g/mol. The molecule has 0 aliphatic carbocycles. The van der Waals surface area contributed by atoms with E-state index in [2.05, 4.69) is 30.6 Å². The fourth-order valence-corrected chi connectivity index (χ4v) is 3.19. The summed E-state index contributed by atoms with van der Waals surface area (Å²) in [6.45, 7) is 0.275. The second-order valence-electron chi connectivity index (χ2n) is 7.41. The lowest BCUT2D eigenvalue weighted by atomic mass is 10.2. The second-order valence-corrected chi connectivity index (χ2v) is 7.41. The summed E-state index contributed by atoms with van der Waals surface area (Å²) in [7, 11) is 0. The van der Waals surface area contributed by atoms with Gasteiger partial charge < -0.3 is 26.3 Å². The number of aromatic nitrogens is 4. The number of carbonyl (C=O) groups is 1. The van der Waals surface area contributed by atoms with Crippen LogP contribution in [0.4, 0.5) is 20.6 Å². The minimum atomic E-state index is -0.404. The van der Waals surface area contributed by atoms with Gasteiger partial charge in [0, 0.05) is 17.9 Å². The van der Waals surface area contributed by atoms with Gasteiger partial charge in [-0.2, -0.15) is 0 Å². The van der Waals surface area contributed by atoms with Crippen LogP contribution in [-0.4, -0.2) is 26.0 Å². The van der Waals surface area contributed by atoms with Crippen LogP contribution in [0.1, 0.15) is 5.56 Å². The standard InChI is InChI=1S/C16H13FN4O2.C8H7N3O/c17-11-3-1-10(2-4-11)8-18-16(23)21-12-5-6-13-14(7-12)19-9-20-15(13)22;9-5-1-2-6-7(3-5)10-4-11-8(6)12/h1-7,9H,8H2,(H2,18,21,23)(H,19,20,22);1-4H,9H2,(H,10,11,12). The Labute approximate surface area is 197 Å². The quantitative estimate of drug-likeness (QED) is 0.253. The van der Waals surface area contributed by atoms with Crippen LogP contribution >= 0.6 is 0 Å². The molecule has 0 atom stereocenters. The van der Waals surface area contributed by atoms with Crippen LogP contribution in [0.2, 0.25) is 0 Å². The molecule has 0 aliphatic heterocycles. The molecule has 0 saturated heterocycles. The average Bonchev–Trinajstić information content (AvgIpc) is 2.84. The highest BCUT2D eigenvalue weighted by molar-refractivity contribution is 5.92. The topological polar surface area (TPSA) is 159 Å². The zero-order valence-corrected chi connectivity index (χ0v) is 18.2. The van der Waals surface area contributed by atoms with Crippen molar-refractivity contribution in [1.29, 1.82) is 0 Å². The Balaban J connectivity index is 0.000000201. The number of nitrogens with zero attached hydrogens (tertiary/aromatic N) is 2. The minimum Gasteiger partial charge on any atom is -0.399 e. The van der Waals surface area contributed by atoms with Gasteiger partial charge in [0.05, 0.1) is 34.5 Å². The van der Waals surface area contributed by atoms with Gasteiger partial charge in [-0.1, -0.05) is 12.1 Å². The molecule has 10 nitrogen and oxygen atoms in total. The summed E-state index contributed by atoms with van der Waals surface area (Å²) in [5.74, 6) is -0.322. The summed E-state index contributed by atoms with van der Waals surface area (Å²) in [6.07, 6.45) is 2.67. The van der Waals surface area contributed by atoms with Gasteiger partial charge in [0.25, 0.3) is 11.1 Å². The normalized spacial score (nSPS) is 10.4. The van der Waals surface area contributed by atoms with E-state index in [1.165, 1.54) is 24.8 Å². The zero-order chi connectivity index (χ0) is 24.8. The molecule has 6 N–H and O–H groups in total. The maximum atomic E-state index is 12.8.